The number of rotatable bonds is 4. The first-order valence-electron chi connectivity index (χ1n) is 6.54. The molecule has 2 nitrogen and oxygen atoms in total. The summed E-state index contributed by atoms with van der Waals surface area (Å²) in [7, 11) is 1.88. The standard InChI is InChI=1S/C16H18ClFN2/c1-3-11-4-6-12(7-5-11)10-20(2)16-9-14(18)13(17)8-15(16)19/h4-9H,3,10,19H2,1-2H3. The summed E-state index contributed by atoms with van der Waals surface area (Å²) in [6.07, 6.45) is 1.02. The summed E-state index contributed by atoms with van der Waals surface area (Å²) < 4.78 is 13.5. The van der Waals surface area contributed by atoms with Gasteiger partial charge in [0.2, 0.25) is 0 Å². The maximum absolute atomic E-state index is 13.5. The van der Waals surface area contributed by atoms with Gasteiger partial charge in [-0.2, -0.15) is 0 Å². The molecule has 20 heavy (non-hydrogen) atoms. The van der Waals surface area contributed by atoms with E-state index in [1.54, 1.807) is 0 Å². The van der Waals surface area contributed by atoms with E-state index in [2.05, 4.69) is 31.2 Å². The Bertz CT molecular complexity index is 596. The van der Waals surface area contributed by atoms with E-state index in [0.717, 1.165) is 12.0 Å². The quantitative estimate of drug-likeness (QED) is 0.853. The predicted octanol–water partition coefficient (Wildman–Crippen LogP) is 4.26. The van der Waals surface area contributed by atoms with E-state index in [1.807, 2.05) is 11.9 Å². The normalized spacial score (nSPS) is 10.6. The number of aryl methyl sites for hydroxylation is 1. The van der Waals surface area contributed by atoms with Gasteiger partial charge in [0.25, 0.3) is 0 Å². The summed E-state index contributed by atoms with van der Waals surface area (Å²) >= 11 is 5.71. The third-order valence-electron chi connectivity index (χ3n) is 3.33. The van der Waals surface area contributed by atoms with Crippen molar-refractivity contribution in [2.45, 2.75) is 19.9 Å². The first-order valence-corrected chi connectivity index (χ1v) is 6.92. The Balaban J connectivity index is 2.18. The third-order valence-corrected chi connectivity index (χ3v) is 3.62. The lowest BCUT2D eigenvalue weighted by molar-refractivity contribution is 0.628. The minimum absolute atomic E-state index is 0.0481. The highest BCUT2D eigenvalue weighted by Gasteiger charge is 2.10. The number of nitrogen functional groups attached to an aromatic ring is 1. The molecule has 0 spiro atoms. The van der Waals surface area contributed by atoms with Crippen LogP contribution >= 0.6 is 11.6 Å². The van der Waals surface area contributed by atoms with Gasteiger partial charge in [0.1, 0.15) is 5.82 Å². The Morgan fingerprint density at radius 3 is 2.35 bits per heavy atom. The van der Waals surface area contributed by atoms with Crippen LogP contribution in [-0.4, -0.2) is 7.05 Å². The monoisotopic (exact) mass is 292 g/mol. The van der Waals surface area contributed by atoms with Crippen LogP contribution in [0.3, 0.4) is 0 Å². The van der Waals surface area contributed by atoms with E-state index >= 15 is 0 Å². The number of hydrogen-bond donors (Lipinski definition) is 1. The molecule has 2 rings (SSSR count). The lowest BCUT2D eigenvalue weighted by atomic mass is 10.1. The molecular weight excluding hydrogens is 275 g/mol. The molecule has 0 unspecified atom stereocenters. The van der Waals surface area contributed by atoms with Gasteiger partial charge in [-0.25, -0.2) is 4.39 Å². The van der Waals surface area contributed by atoms with Crippen molar-refractivity contribution < 1.29 is 4.39 Å². The van der Waals surface area contributed by atoms with Gasteiger partial charge in [0.15, 0.2) is 0 Å². The van der Waals surface area contributed by atoms with E-state index in [-0.39, 0.29) is 5.02 Å². The topological polar surface area (TPSA) is 29.3 Å². The van der Waals surface area contributed by atoms with Gasteiger partial charge < -0.3 is 10.6 Å². The Labute approximate surface area is 124 Å². The van der Waals surface area contributed by atoms with Crippen LogP contribution in [0.15, 0.2) is 36.4 Å². The molecule has 4 heteroatoms. The summed E-state index contributed by atoms with van der Waals surface area (Å²) in [5, 5.41) is 0.0481. The third kappa shape index (κ3) is 3.23. The Hall–Kier alpha value is -1.74. The van der Waals surface area contributed by atoms with Gasteiger partial charge >= 0.3 is 0 Å². The highest BCUT2D eigenvalue weighted by atomic mass is 35.5. The molecule has 0 aromatic heterocycles. The number of halogens is 2. The van der Waals surface area contributed by atoms with Crippen molar-refractivity contribution in [2.75, 3.05) is 17.7 Å². The summed E-state index contributed by atoms with van der Waals surface area (Å²) in [5.74, 6) is -0.455. The molecule has 106 valence electrons. The smallest absolute Gasteiger partial charge is 0.144 e. The van der Waals surface area contributed by atoms with Crippen LogP contribution in [0.25, 0.3) is 0 Å². The van der Waals surface area contributed by atoms with Gasteiger partial charge in [-0.3, -0.25) is 0 Å². The fraction of sp³-hybridized carbons (Fsp3) is 0.250. The zero-order valence-corrected chi connectivity index (χ0v) is 12.4. The predicted molar refractivity (Wildman–Crippen MR) is 83.7 cm³/mol. The Morgan fingerprint density at radius 1 is 1.15 bits per heavy atom. The van der Waals surface area contributed by atoms with Crippen LogP contribution in [-0.2, 0) is 13.0 Å². The minimum atomic E-state index is -0.455. The van der Waals surface area contributed by atoms with Crippen LogP contribution in [0, 0.1) is 5.82 Å². The van der Waals surface area contributed by atoms with E-state index in [9.17, 15) is 4.39 Å². The van der Waals surface area contributed by atoms with Crippen LogP contribution in [0.4, 0.5) is 15.8 Å². The molecule has 2 aromatic carbocycles. The molecule has 0 heterocycles. The zero-order valence-electron chi connectivity index (χ0n) is 11.7. The van der Waals surface area contributed by atoms with Gasteiger partial charge in [0, 0.05) is 19.7 Å². The second-order valence-corrected chi connectivity index (χ2v) is 5.26. The lowest BCUT2D eigenvalue weighted by Gasteiger charge is -2.21. The molecule has 2 N–H and O–H groups in total. The molecule has 0 aliphatic heterocycles. The zero-order chi connectivity index (χ0) is 14.7. The Morgan fingerprint density at radius 2 is 1.75 bits per heavy atom. The van der Waals surface area contributed by atoms with Crippen LogP contribution in [0.1, 0.15) is 18.1 Å². The van der Waals surface area contributed by atoms with Crippen LogP contribution in [0.2, 0.25) is 5.02 Å². The van der Waals surface area contributed by atoms with Gasteiger partial charge in [-0.15, -0.1) is 0 Å². The fourth-order valence-electron chi connectivity index (χ4n) is 2.12. The highest BCUT2D eigenvalue weighted by molar-refractivity contribution is 6.31. The van der Waals surface area contributed by atoms with Gasteiger partial charge in [-0.05, 0) is 23.6 Å². The van der Waals surface area contributed by atoms with Crippen LogP contribution < -0.4 is 10.6 Å². The summed E-state index contributed by atoms with van der Waals surface area (Å²) in [6.45, 7) is 2.79. The average molecular weight is 293 g/mol. The van der Waals surface area contributed by atoms with Crippen molar-refractivity contribution in [2.24, 2.45) is 0 Å². The molecule has 0 atom stereocenters. The van der Waals surface area contributed by atoms with Gasteiger partial charge in [-0.1, -0.05) is 42.8 Å². The molecule has 0 fully saturated rings. The van der Waals surface area contributed by atoms with Crippen molar-refractivity contribution in [1.82, 2.24) is 0 Å². The van der Waals surface area contributed by atoms with Crippen molar-refractivity contribution in [3.63, 3.8) is 0 Å². The molecule has 0 radical (unpaired) electrons. The van der Waals surface area contributed by atoms with E-state index < -0.39 is 5.82 Å². The number of nitrogens with zero attached hydrogens (tertiary/aromatic N) is 1. The highest BCUT2D eigenvalue weighted by Crippen LogP contribution is 2.29. The number of hydrogen-bond acceptors (Lipinski definition) is 2. The number of anilines is 2. The molecular formula is C16H18ClFN2. The second kappa shape index (κ2) is 6.14. The average Bonchev–Trinajstić information content (AvgIpc) is 2.43. The molecule has 0 aliphatic carbocycles. The van der Waals surface area contributed by atoms with E-state index in [1.165, 1.54) is 17.7 Å². The van der Waals surface area contributed by atoms with Crippen molar-refractivity contribution in [3.05, 3.63) is 58.4 Å². The molecule has 0 amide bonds. The van der Waals surface area contributed by atoms with E-state index in [4.69, 9.17) is 17.3 Å². The lowest BCUT2D eigenvalue weighted by Crippen LogP contribution is -2.18. The molecule has 0 aliphatic rings. The second-order valence-electron chi connectivity index (χ2n) is 4.85. The largest absolute Gasteiger partial charge is 0.397 e. The van der Waals surface area contributed by atoms with Crippen LogP contribution in [0.5, 0.6) is 0 Å². The number of nitrogens with two attached hydrogens (primary N) is 1. The van der Waals surface area contributed by atoms with Crippen molar-refractivity contribution in [3.8, 4) is 0 Å². The first-order chi connectivity index (χ1) is 9.51. The SMILES string of the molecule is CCc1ccc(CN(C)c2cc(F)c(Cl)cc2N)cc1. The molecule has 0 saturated heterocycles. The molecule has 2 aromatic rings. The number of benzene rings is 2. The molecule has 0 bridgehead atoms. The van der Waals surface area contributed by atoms with Crippen molar-refractivity contribution >= 4 is 23.0 Å². The Kier molecular flexibility index (Phi) is 4.50. The minimum Gasteiger partial charge on any atom is -0.397 e. The van der Waals surface area contributed by atoms with E-state index in [0.29, 0.717) is 17.9 Å². The molecule has 0 saturated carbocycles. The fourth-order valence-corrected chi connectivity index (χ4v) is 2.29. The van der Waals surface area contributed by atoms with Crippen molar-refractivity contribution in [1.29, 1.82) is 0 Å². The summed E-state index contributed by atoms with van der Waals surface area (Å²) in [6, 6.07) is 11.2. The maximum Gasteiger partial charge on any atom is 0.144 e. The summed E-state index contributed by atoms with van der Waals surface area (Å²) in [5.41, 5.74) is 9.47. The first kappa shape index (κ1) is 14.7. The van der Waals surface area contributed by atoms with Gasteiger partial charge in [0.05, 0.1) is 16.4 Å². The summed E-state index contributed by atoms with van der Waals surface area (Å²) in [4.78, 5) is 1.91. The maximum atomic E-state index is 13.5.